The Balaban J connectivity index is 1.57. The molecule has 156 valence electrons. The van der Waals surface area contributed by atoms with E-state index in [1.54, 1.807) is 43.6 Å². The molecule has 31 heavy (non-hydrogen) atoms. The first kappa shape index (κ1) is 20.6. The van der Waals surface area contributed by atoms with Crippen LogP contribution < -0.4 is 0 Å². The minimum atomic E-state index is -0.605. The van der Waals surface area contributed by atoms with Crippen molar-refractivity contribution in [2.24, 2.45) is 0 Å². The number of amides is 1. The molecule has 0 unspecified atom stereocenters. The highest BCUT2D eigenvalue weighted by atomic mass is 35.5. The molecule has 0 saturated carbocycles. The standard InChI is InChI=1S/C24H19ClN2O4/c1-27(14-16-7-6-12-30-16)23(28)15-31-24(29)19-13-22(18-9-2-4-10-20(18)25)26-21-11-5-3-8-17(19)21/h2-13H,14-15H2,1H3. The second kappa shape index (κ2) is 9.02. The molecule has 0 fully saturated rings. The van der Waals surface area contributed by atoms with Gasteiger partial charge in [-0.15, -0.1) is 0 Å². The monoisotopic (exact) mass is 434 g/mol. The molecule has 0 aliphatic heterocycles. The summed E-state index contributed by atoms with van der Waals surface area (Å²) in [5.74, 6) is -0.298. The number of esters is 1. The van der Waals surface area contributed by atoms with Gasteiger partial charge in [0.05, 0.1) is 29.6 Å². The zero-order chi connectivity index (χ0) is 21.8. The third-order valence-corrected chi connectivity index (χ3v) is 5.14. The topological polar surface area (TPSA) is 72.6 Å². The largest absolute Gasteiger partial charge is 0.467 e. The van der Waals surface area contributed by atoms with Gasteiger partial charge in [-0.2, -0.15) is 0 Å². The summed E-state index contributed by atoms with van der Waals surface area (Å²) < 4.78 is 10.6. The van der Waals surface area contributed by atoms with Crippen molar-refractivity contribution >= 4 is 34.4 Å². The van der Waals surface area contributed by atoms with Crippen LogP contribution in [0.1, 0.15) is 16.1 Å². The number of rotatable bonds is 6. The van der Waals surface area contributed by atoms with E-state index < -0.39 is 5.97 Å². The molecule has 0 aliphatic rings. The summed E-state index contributed by atoms with van der Waals surface area (Å²) in [5, 5.41) is 1.17. The normalized spacial score (nSPS) is 10.8. The van der Waals surface area contributed by atoms with E-state index in [-0.39, 0.29) is 19.1 Å². The van der Waals surface area contributed by atoms with E-state index in [1.165, 1.54) is 4.90 Å². The number of carbonyl (C=O) groups excluding carboxylic acids is 2. The Labute approximate surface area is 184 Å². The number of aromatic nitrogens is 1. The van der Waals surface area contributed by atoms with Crippen LogP contribution in [0.4, 0.5) is 0 Å². The van der Waals surface area contributed by atoms with E-state index in [0.29, 0.717) is 38.5 Å². The number of benzene rings is 2. The van der Waals surface area contributed by atoms with Crippen LogP contribution in [0.2, 0.25) is 5.02 Å². The molecule has 0 radical (unpaired) electrons. The van der Waals surface area contributed by atoms with Gasteiger partial charge in [-0.1, -0.05) is 48.0 Å². The Morgan fingerprint density at radius 1 is 1.06 bits per heavy atom. The predicted octanol–water partition coefficient (Wildman–Crippen LogP) is 4.96. The van der Waals surface area contributed by atoms with Crippen molar-refractivity contribution in [1.29, 1.82) is 0 Å². The lowest BCUT2D eigenvalue weighted by atomic mass is 10.0. The van der Waals surface area contributed by atoms with Crippen LogP contribution >= 0.6 is 11.6 Å². The highest BCUT2D eigenvalue weighted by Crippen LogP contribution is 2.30. The Hall–Kier alpha value is -3.64. The molecule has 0 bridgehead atoms. The van der Waals surface area contributed by atoms with Gasteiger partial charge in [-0.05, 0) is 30.3 Å². The fourth-order valence-corrected chi connectivity index (χ4v) is 3.42. The second-order valence-electron chi connectivity index (χ2n) is 6.96. The van der Waals surface area contributed by atoms with Gasteiger partial charge < -0.3 is 14.1 Å². The molecule has 4 rings (SSSR count). The van der Waals surface area contributed by atoms with E-state index in [1.807, 2.05) is 36.4 Å². The van der Waals surface area contributed by atoms with Gasteiger partial charge in [0, 0.05) is 23.0 Å². The van der Waals surface area contributed by atoms with Crippen molar-refractivity contribution in [2.75, 3.05) is 13.7 Å². The Kier molecular flexibility index (Phi) is 6.00. The van der Waals surface area contributed by atoms with Gasteiger partial charge in [0.2, 0.25) is 0 Å². The molecular weight excluding hydrogens is 416 g/mol. The highest BCUT2D eigenvalue weighted by molar-refractivity contribution is 6.33. The third-order valence-electron chi connectivity index (χ3n) is 4.81. The van der Waals surface area contributed by atoms with E-state index in [0.717, 1.165) is 0 Å². The first-order valence-electron chi connectivity index (χ1n) is 9.61. The van der Waals surface area contributed by atoms with Gasteiger partial charge in [0.15, 0.2) is 6.61 Å². The first-order chi connectivity index (χ1) is 15.0. The van der Waals surface area contributed by atoms with Gasteiger partial charge in [0.25, 0.3) is 5.91 Å². The van der Waals surface area contributed by atoms with Crippen molar-refractivity contribution in [3.63, 3.8) is 0 Å². The number of halogens is 1. The number of ether oxygens (including phenoxy) is 1. The first-order valence-corrected chi connectivity index (χ1v) is 9.99. The lowest BCUT2D eigenvalue weighted by molar-refractivity contribution is -0.133. The summed E-state index contributed by atoms with van der Waals surface area (Å²) in [5.41, 5.74) is 2.21. The maximum atomic E-state index is 12.9. The van der Waals surface area contributed by atoms with E-state index in [9.17, 15) is 9.59 Å². The SMILES string of the molecule is CN(Cc1ccco1)C(=O)COC(=O)c1cc(-c2ccccc2Cl)nc2ccccc12. The molecule has 0 spiro atoms. The summed E-state index contributed by atoms with van der Waals surface area (Å²) in [7, 11) is 1.62. The number of hydrogen-bond donors (Lipinski definition) is 0. The Morgan fingerprint density at radius 3 is 2.61 bits per heavy atom. The molecule has 0 aliphatic carbocycles. The maximum Gasteiger partial charge on any atom is 0.339 e. The molecule has 2 aromatic heterocycles. The fourth-order valence-electron chi connectivity index (χ4n) is 3.19. The van der Waals surface area contributed by atoms with Crippen LogP contribution in [0, 0.1) is 0 Å². The maximum absolute atomic E-state index is 12.9. The molecule has 6 nitrogen and oxygen atoms in total. The molecule has 0 atom stereocenters. The third kappa shape index (κ3) is 4.59. The summed E-state index contributed by atoms with van der Waals surface area (Å²) in [6.45, 7) is -0.0909. The number of fused-ring (bicyclic) bond motifs is 1. The highest BCUT2D eigenvalue weighted by Gasteiger charge is 2.19. The van der Waals surface area contributed by atoms with Crippen molar-refractivity contribution in [3.8, 4) is 11.3 Å². The van der Waals surface area contributed by atoms with Crippen LogP contribution in [0.15, 0.2) is 77.4 Å². The zero-order valence-corrected chi connectivity index (χ0v) is 17.5. The van der Waals surface area contributed by atoms with Gasteiger partial charge >= 0.3 is 5.97 Å². The average molecular weight is 435 g/mol. The summed E-state index contributed by atoms with van der Waals surface area (Å²) in [6.07, 6.45) is 1.54. The average Bonchev–Trinajstić information content (AvgIpc) is 3.29. The number of furan rings is 1. The molecule has 4 aromatic rings. The number of hydrogen-bond acceptors (Lipinski definition) is 5. The molecule has 0 N–H and O–H groups in total. The summed E-state index contributed by atoms with van der Waals surface area (Å²) in [6, 6.07) is 19.7. The predicted molar refractivity (Wildman–Crippen MR) is 118 cm³/mol. The van der Waals surface area contributed by atoms with E-state index in [2.05, 4.69) is 4.98 Å². The summed E-state index contributed by atoms with van der Waals surface area (Å²) in [4.78, 5) is 31.4. The van der Waals surface area contributed by atoms with E-state index >= 15 is 0 Å². The number of likely N-dealkylation sites (N-methyl/N-ethyl adjacent to an activating group) is 1. The molecular formula is C24H19ClN2O4. The molecule has 7 heteroatoms. The van der Waals surface area contributed by atoms with Crippen molar-refractivity contribution in [2.45, 2.75) is 6.54 Å². The lowest BCUT2D eigenvalue weighted by Crippen LogP contribution is -2.30. The molecule has 2 aromatic carbocycles. The van der Waals surface area contributed by atoms with Crippen molar-refractivity contribution in [1.82, 2.24) is 9.88 Å². The van der Waals surface area contributed by atoms with Crippen LogP contribution in [-0.2, 0) is 16.1 Å². The smallest absolute Gasteiger partial charge is 0.339 e. The quantitative estimate of drug-likeness (QED) is 0.401. The number of pyridine rings is 1. The minimum Gasteiger partial charge on any atom is -0.467 e. The van der Waals surface area contributed by atoms with Gasteiger partial charge in [-0.25, -0.2) is 9.78 Å². The Bertz CT molecular complexity index is 1240. The van der Waals surface area contributed by atoms with Gasteiger partial charge in [-0.3, -0.25) is 4.79 Å². The second-order valence-corrected chi connectivity index (χ2v) is 7.36. The van der Waals surface area contributed by atoms with Crippen molar-refractivity contribution in [3.05, 3.63) is 89.3 Å². The molecule has 1 amide bonds. The Morgan fingerprint density at radius 2 is 1.84 bits per heavy atom. The van der Waals surface area contributed by atoms with Crippen LogP contribution in [0.25, 0.3) is 22.2 Å². The summed E-state index contributed by atoms with van der Waals surface area (Å²) >= 11 is 6.32. The number of para-hydroxylation sites is 1. The lowest BCUT2D eigenvalue weighted by Gasteiger charge is -2.16. The number of nitrogens with zero attached hydrogens (tertiary/aromatic N) is 2. The van der Waals surface area contributed by atoms with Crippen LogP contribution in [0.3, 0.4) is 0 Å². The van der Waals surface area contributed by atoms with Gasteiger partial charge in [0.1, 0.15) is 5.76 Å². The zero-order valence-electron chi connectivity index (χ0n) is 16.7. The molecule has 0 saturated heterocycles. The van der Waals surface area contributed by atoms with Crippen LogP contribution in [-0.4, -0.2) is 35.4 Å². The minimum absolute atomic E-state index is 0.290. The molecule has 2 heterocycles. The fraction of sp³-hybridized carbons (Fsp3) is 0.125. The van der Waals surface area contributed by atoms with Crippen LogP contribution in [0.5, 0.6) is 0 Å². The van der Waals surface area contributed by atoms with E-state index in [4.69, 9.17) is 20.8 Å². The van der Waals surface area contributed by atoms with Crippen molar-refractivity contribution < 1.29 is 18.7 Å². The number of carbonyl (C=O) groups is 2.